The minimum absolute atomic E-state index is 0. The summed E-state index contributed by atoms with van der Waals surface area (Å²) in [6.07, 6.45) is 0.0341. The van der Waals surface area contributed by atoms with Gasteiger partial charge in [0.05, 0.1) is 5.88 Å². The smallest absolute Gasteiger partial charge is 0.813 e. The average Bonchev–Trinajstić information content (AvgIpc) is 3.37. The molecule has 4 rings (SSSR count). The summed E-state index contributed by atoms with van der Waals surface area (Å²) in [7, 11) is 0. The zero-order valence-electron chi connectivity index (χ0n) is 16.4. The van der Waals surface area contributed by atoms with Gasteiger partial charge in [-0.3, -0.25) is 0 Å². The molecule has 2 unspecified atom stereocenters. The van der Waals surface area contributed by atoms with Crippen LogP contribution in [0.1, 0.15) is 0 Å². The molecule has 2 atom stereocenters. The molecular formula is C20H21ClNaO4S4-. The largest absolute Gasteiger partial charge is 1.00 e. The van der Waals surface area contributed by atoms with Gasteiger partial charge in [0.25, 0.3) is 0 Å². The Morgan fingerprint density at radius 2 is 1.47 bits per heavy atom. The molecule has 0 aliphatic carbocycles. The molecule has 0 aromatic heterocycles. The molecule has 0 spiro atoms. The van der Waals surface area contributed by atoms with E-state index in [-0.39, 0.29) is 65.9 Å². The van der Waals surface area contributed by atoms with E-state index in [9.17, 15) is 9.59 Å². The van der Waals surface area contributed by atoms with Gasteiger partial charge in [-0.2, -0.15) is 36.4 Å². The maximum atomic E-state index is 10.8. The first-order chi connectivity index (χ1) is 13.7. The Labute approximate surface area is 224 Å². The molecule has 4 nitrogen and oxygen atoms in total. The van der Waals surface area contributed by atoms with Crippen molar-refractivity contribution in [2.75, 3.05) is 23.1 Å². The van der Waals surface area contributed by atoms with Gasteiger partial charge in [0, 0.05) is 22.2 Å². The van der Waals surface area contributed by atoms with Crippen LogP contribution in [0, 0.1) is 6.07 Å². The molecule has 0 saturated carbocycles. The molecule has 2 aliphatic rings. The molecule has 30 heavy (non-hydrogen) atoms. The third-order valence-electron chi connectivity index (χ3n) is 3.26. The van der Waals surface area contributed by atoms with Gasteiger partial charge in [-0.25, -0.2) is 9.59 Å². The maximum Gasteiger partial charge on any atom is 1.00 e. The fraction of sp³-hybridized carbons (Fsp3) is 0.300. The third-order valence-corrected chi connectivity index (χ3v) is 6.49. The molecule has 2 heterocycles. The summed E-state index contributed by atoms with van der Waals surface area (Å²) in [6, 6.07) is 22.6. The van der Waals surface area contributed by atoms with E-state index in [4.69, 9.17) is 21.1 Å². The van der Waals surface area contributed by atoms with Gasteiger partial charge < -0.3 is 23.0 Å². The van der Waals surface area contributed by atoms with E-state index in [0.717, 1.165) is 11.5 Å². The van der Waals surface area contributed by atoms with Crippen molar-refractivity contribution < 1.29 is 48.6 Å². The van der Waals surface area contributed by atoms with Gasteiger partial charge in [-0.15, -0.1) is 23.4 Å². The Morgan fingerprint density at radius 1 is 0.933 bits per heavy atom. The van der Waals surface area contributed by atoms with Crippen molar-refractivity contribution >= 4 is 71.0 Å². The zero-order chi connectivity index (χ0) is 20.0. The second-order valence-corrected chi connectivity index (χ2v) is 8.77. The average molecular weight is 512 g/mol. The normalized spacial score (nSPS) is 18.8. The maximum absolute atomic E-state index is 10.8. The number of hydrogen-bond donors (Lipinski definition) is 0. The van der Waals surface area contributed by atoms with Crippen molar-refractivity contribution in [1.82, 2.24) is 0 Å². The Balaban J connectivity index is 0.000000450. The van der Waals surface area contributed by atoms with Crippen LogP contribution in [0.2, 0.25) is 0 Å². The van der Waals surface area contributed by atoms with E-state index < -0.39 is 0 Å². The van der Waals surface area contributed by atoms with E-state index in [2.05, 4.69) is 18.2 Å². The van der Waals surface area contributed by atoms with E-state index in [1.165, 1.54) is 28.4 Å². The first-order valence-electron chi connectivity index (χ1n) is 8.49. The summed E-state index contributed by atoms with van der Waals surface area (Å²) in [5.41, 5.74) is 0. The predicted molar refractivity (Wildman–Crippen MR) is 127 cm³/mol. The van der Waals surface area contributed by atoms with E-state index in [0.29, 0.717) is 11.6 Å². The molecule has 10 heteroatoms. The van der Waals surface area contributed by atoms with Crippen LogP contribution >= 0.6 is 46.9 Å². The van der Waals surface area contributed by atoms with Gasteiger partial charge in [0.1, 0.15) is 12.2 Å². The van der Waals surface area contributed by atoms with Crippen LogP contribution in [-0.2, 0) is 23.0 Å². The van der Waals surface area contributed by atoms with Crippen molar-refractivity contribution in [2.45, 2.75) is 17.1 Å². The number of carbonyl (C=O) groups is 2. The SMILES string of the molecule is O=C1OC(CCl)CS1.O=C1OC(CSc2ccccc2)CS1.[Na+].[SH-].[c-]1ccccc1. The predicted octanol–water partition coefficient (Wildman–Crippen LogP) is 2.73. The number of ether oxygens (including phenoxy) is 2. The molecule has 2 aromatic rings. The first kappa shape index (κ1) is 30.1. The summed E-state index contributed by atoms with van der Waals surface area (Å²) in [4.78, 5) is 22.3. The summed E-state index contributed by atoms with van der Waals surface area (Å²) in [5, 5.41) is -0.334. The number of thioether (sulfide) groups is 3. The zero-order valence-corrected chi connectivity index (χ0v) is 22.5. The number of thiol groups is 1. The van der Waals surface area contributed by atoms with Crippen LogP contribution in [0.15, 0.2) is 65.6 Å². The van der Waals surface area contributed by atoms with Crippen molar-refractivity contribution in [2.24, 2.45) is 0 Å². The Bertz CT molecular complexity index is 686. The Kier molecular flexibility index (Phi) is 18.7. The molecule has 2 aliphatic heterocycles. The summed E-state index contributed by atoms with van der Waals surface area (Å²) in [6.45, 7) is 0. The standard InChI is InChI=1S/C10H10O2S2.C6H5.C4H5ClO2S.Na.H2S/c11-10-12-8(7-14-10)6-13-9-4-2-1-3-5-9;1-2-4-6-5-3-1;5-1-3-2-8-4(6)7-3;;/h1-5,8H,6-7H2;1-5H;3H,1-2H2;;1H2/q;-1;;+1;/p-1. The number of rotatable bonds is 4. The second kappa shape index (κ2) is 18.6. The minimum Gasteiger partial charge on any atom is -0.813 e. The molecule has 2 saturated heterocycles. The van der Waals surface area contributed by atoms with E-state index in [1.54, 1.807) is 11.8 Å². The van der Waals surface area contributed by atoms with E-state index in [1.807, 2.05) is 48.5 Å². The van der Waals surface area contributed by atoms with Crippen LogP contribution in [0.4, 0.5) is 9.59 Å². The molecule has 0 N–H and O–H groups in total. The Morgan fingerprint density at radius 3 is 1.83 bits per heavy atom. The number of benzene rings is 2. The summed E-state index contributed by atoms with van der Waals surface area (Å²) >= 11 is 9.56. The van der Waals surface area contributed by atoms with Gasteiger partial charge in [-0.1, -0.05) is 18.2 Å². The number of hydrogen-bond acceptors (Lipinski definition) is 8. The fourth-order valence-electron chi connectivity index (χ4n) is 1.94. The van der Waals surface area contributed by atoms with Crippen LogP contribution < -0.4 is 29.6 Å². The van der Waals surface area contributed by atoms with Gasteiger partial charge in [-0.05, 0) is 35.7 Å². The molecule has 0 amide bonds. The number of alkyl halides is 1. The summed E-state index contributed by atoms with van der Waals surface area (Å²) < 4.78 is 9.79. The number of halogens is 1. The Hall–Kier alpha value is 0.0700. The van der Waals surface area contributed by atoms with Gasteiger partial charge in [0.2, 0.25) is 0 Å². The first-order valence-corrected chi connectivity index (χ1v) is 12.0. The molecular weight excluding hydrogens is 491 g/mol. The van der Waals surface area contributed by atoms with E-state index >= 15 is 0 Å². The van der Waals surface area contributed by atoms with Crippen molar-refractivity contribution in [3.05, 3.63) is 66.7 Å². The van der Waals surface area contributed by atoms with Crippen LogP contribution in [0.3, 0.4) is 0 Å². The second-order valence-electron chi connectivity index (χ2n) is 5.46. The van der Waals surface area contributed by atoms with Crippen LogP contribution in [-0.4, -0.2) is 45.9 Å². The van der Waals surface area contributed by atoms with Gasteiger partial charge >= 0.3 is 40.2 Å². The van der Waals surface area contributed by atoms with Gasteiger partial charge in [0.15, 0.2) is 0 Å². The molecule has 158 valence electrons. The monoisotopic (exact) mass is 511 g/mol. The van der Waals surface area contributed by atoms with Crippen LogP contribution in [0.25, 0.3) is 0 Å². The number of carbonyl (C=O) groups excluding carboxylic acids is 2. The summed E-state index contributed by atoms with van der Waals surface area (Å²) in [5.74, 6) is 2.77. The molecule has 2 fully saturated rings. The van der Waals surface area contributed by atoms with Crippen LogP contribution in [0.5, 0.6) is 0 Å². The fourth-order valence-corrected chi connectivity index (χ4v) is 4.72. The quantitative estimate of drug-likeness (QED) is 0.118. The van der Waals surface area contributed by atoms with Crippen molar-refractivity contribution in [3.8, 4) is 0 Å². The molecule has 0 radical (unpaired) electrons. The molecule has 0 bridgehead atoms. The minimum atomic E-state index is -0.198. The molecule has 2 aromatic carbocycles. The number of cyclic esters (lactones) is 2. The topological polar surface area (TPSA) is 52.6 Å². The van der Waals surface area contributed by atoms with Crippen molar-refractivity contribution in [1.29, 1.82) is 0 Å². The van der Waals surface area contributed by atoms with Crippen molar-refractivity contribution in [3.63, 3.8) is 0 Å². The third kappa shape index (κ3) is 13.5.